The van der Waals surface area contributed by atoms with Gasteiger partial charge in [0.25, 0.3) is 10.1 Å². The molecule has 16 heteroatoms. The molecule has 0 saturated carbocycles. The molecule has 0 aliphatic rings. The van der Waals surface area contributed by atoms with Crippen LogP contribution < -0.4 is 0 Å². The van der Waals surface area contributed by atoms with Crippen LogP contribution in [0.15, 0.2) is 0 Å². The molecule has 234 valence electrons. The lowest BCUT2D eigenvalue weighted by molar-refractivity contribution is -0.144. The molecule has 0 aromatic rings. The molecule has 0 fully saturated rings. The summed E-state index contributed by atoms with van der Waals surface area (Å²) in [6.45, 7) is 2.51. The quantitative estimate of drug-likeness (QED) is 0.0641. The SMILES string of the molecule is CCC(O)COCCCCOCC(O)CN(CCCC(=O)C(CCS(=O)(=O)O)N(CC(=O)O)CC(=O)O)C(C)=O. The lowest BCUT2D eigenvalue weighted by Crippen LogP contribution is -2.47. The molecule has 0 spiro atoms. The van der Waals surface area contributed by atoms with Crippen LogP contribution in [0.25, 0.3) is 0 Å². The van der Waals surface area contributed by atoms with Crippen LogP contribution in [0.5, 0.6) is 0 Å². The normalized spacial score (nSPS) is 14.1. The smallest absolute Gasteiger partial charge is 0.317 e. The molecule has 3 atom stereocenters. The maximum atomic E-state index is 12.9. The van der Waals surface area contributed by atoms with Crippen LogP contribution in [0.2, 0.25) is 0 Å². The molecule has 0 aromatic carbocycles. The van der Waals surface area contributed by atoms with E-state index in [1.807, 2.05) is 6.92 Å². The minimum atomic E-state index is -4.50. The van der Waals surface area contributed by atoms with Crippen molar-refractivity contribution in [3.8, 4) is 0 Å². The first-order valence-corrected chi connectivity index (χ1v) is 14.7. The van der Waals surface area contributed by atoms with Gasteiger partial charge in [0.2, 0.25) is 5.91 Å². The average molecular weight is 601 g/mol. The van der Waals surface area contributed by atoms with E-state index in [9.17, 15) is 37.8 Å². The molecule has 40 heavy (non-hydrogen) atoms. The predicted molar refractivity (Wildman–Crippen MR) is 141 cm³/mol. The number of carbonyl (C=O) groups excluding carboxylic acids is 2. The molecule has 0 radical (unpaired) electrons. The van der Waals surface area contributed by atoms with Gasteiger partial charge in [0.05, 0.1) is 50.3 Å². The van der Waals surface area contributed by atoms with Crippen molar-refractivity contribution in [3.63, 3.8) is 0 Å². The lowest BCUT2D eigenvalue weighted by Gasteiger charge is -2.28. The molecule has 3 unspecified atom stereocenters. The zero-order valence-electron chi connectivity index (χ0n) is 23.1. The largest absolute Gasteiger partial charge is 0.480 e. The fraction of sp³-hybridized carbons (Fsp3) is 0.833. The first-order valence-electron chi connectivity index (χ1n) is 13.1. The van der Waals surface area contributed by atoms with Gasteiger partial charge in [-0.2, -0.15) is 8.42 Å². The summed E-state index contributed by atoms with van der Waals surface area (Å²) in [5, 5.41) is 37.8. The van der Waals surface area contributed by atoms with Gasteiger partial charge in [-0.1, -0.05) is 6.92 Å². The van der Waals surface area contributed by atoms with E-state index >= 15 is 0 Å². The van der Waals surface area contributed by atoms with Crippen LogP contribution >= 0.6 is 0 Å². The summed E-state index contributed by atoms with van der Waals surface area (Å²) in [6, 6.07) is -1.40. The number of carbonyl (C=O) groups is 4. The summed E-state index contributed by atoms with van der Waals surface area (Å²) in [6.07, 6.45) is -0.158. The maximum absolute atomic E-state index is 12.9. The van der Waals surface area contributed by atoms with Crippen LogP contribution in [-0.4, -0.2) is 143 Å². The summed E-state index contributed by atoms with van der Waals surface area (Å²) in [5.41, 5.74) is 0. The van der Waals surface area contributed by atoms with Crippen LogP contribution in [0.1, 0.15) is 52.4 Å². The Balaban J connectivity index is 4.78. The second-order valence-electron chi connectivity index (χ2n) is 9.39. The molecular weight excluding hydrogens is 556 g/mol. The van der Waals surface area contributed by atoms with Gasteiger partial charge in [-0.3, -0.25) is 28.6 Å². The highest BCUT2D eigenvalue weighted by Crippen LogP contribution is 2.12. The number of Topliss-reactive ketones (excluding diaryl/α,β-unsaturated/α-hetero) is 1. The van der Waals surface area contributed by atoms with Crippen molar-refractivity contribution in [1.82, 2.24) is 9.80 Å². The van der Waals surface area contributed by atoms with E-state index in [0.717, 1.165) is 4.90 Å². The predicted octanol–water partition coefficient (Wildman–Crippen LogP) is -0.753. The molecule has 0 aromatic heterocycles. The minimum Gasteiger partial charge on any atom is -0.480 e. The summed E-state index contributed by atoms with van der Waals surface area (Å²) < 4.78 is 42.2. The third-order valence-corrected chi connectivity index (χ3v) is 6.54. The number of amides is 1. The van der Waals surface area contributed by atoms with E-state index in [2.05, 4.69) is 0 Å². The summed E-state index contributed by atoms with van der Waals surface area (Å²) in [7, 11) is -4.50. The van der Waals surface area contributed by atoms with Crippen LogP contribution in [-0.2, 0) is 38.8 Å². The summed E-state index contributed by atoms with van der Waals surface area (Å²) in [4.78, 5) is 49.3. The van der Waals surface area contributed by atoms with Crippen molar-refractivity contribution in [1.29, 1.82) is 0 Å². The highest BCUT2D eigenvalue weighted by molar-refractivity contribution is 7.85. The van der Waals surface area contributed by atoms with Crippen LogP contribution in [0.4, 0.5) is 0 Å². The average Bonchev–Trinajstić information content (AvgIpc) is 2.83. The lowest BCUT2D eigenvalue weighted by atomic mass is 10.0. The Bertz CT molecular complexity index is 868. The van der Waals surface area contributed by atoms with Crippen molar-refractivity contribution >= 4 is 33.7 Å². The molecule has 0 rings (SSSR count). The number of carboxylic acid groups (broad SMARTS) is 2. The fourth-order valence-corrected chi connectivity index (χ4v) is 4.21. The monoisotopic (exact) mass is 600 g/mol. The standard InChI is InChI=1S/C24H44N2O13S/c1-3-19(28)16-38-10-4-5-11-39-17-20(29)13-25(18(2)27)9-6-7-22(30)21(8-12-40(35,36)37)26(14-23(31)32)15-24(33)34/h19-21,28-29H,3-17H2,1-2H3,(H,31,32)(H,33,34)(H,35,36,37). The zero-order valence-corrected chi connectivity index (χ0v) is 24.0. The Morgan fingerprint density at radius 2 is 1.40 bits per heavy atom. The Morgan fingerprint density at radius 3 is 1.85 bits per heavy atom. The number of aliphatic hydroxyl groups is 2. The number of carboxylic acids is 2. The number of unbranched alkanes of at least 4 members (excludes halogenated alkanes) is 1. The van der Waals surface area contributed by atoms with Gasteiger partial charge in [-0.25, -0.2) is 0 Å². The molecule has 0 heterocycles. The zero-order chi connectivity index (χ0) is 30.7. The molecule has 0 aliphatic heterocycles. The van der Waals surface area contributed by atoms with E-state index < -0.39 is 71.4 Å². The Hall–Kier alpha value is -2.21. The van der Waals surface area contributed by atoms with E-state index in [0.29, 0.717) is 32.5 Å². The van der Waals surface area contributed by atoms with Gasteiger partial charge in [0, 0.05) is 39.6 Å². The second-order valence-corrected chi connectivity index (χ2v) is 11.0. The van der Waals surface area contributed by atoms with Gasteiger partial charge >= 0.3 is 11.9 Å². The summed E-state index contributed by atoms with van der Waals surface area (Å²) in [5.74, 6) is -4.75. The van der Waals surface area contributed by atoms with Crippen molar-refractivity contribution in [2.45, 2.75) is 70.6 Å². The van der Waals surface area contributed by atoms with Crippen LogP contribution in [0.3, 0.4) is 0 Å². The Kier molecular flexibility index (Phi) is 19.5. The van der Waals surface area contributed by atoms with Crippen molar-refractivity contribution in [3.05, 3.63) is 0 Å². The molecule has 15 nitrogen and oxygen atoms in total. The van der Waals surface area contributed by atoms with E-state index in [4.69, 9.17) is 24.2 Å². The van der Waals surface area contributed by atoms with Crippen molar-refractivity contribution in [2.75, 3.05) is 58.4 Å². The number of ether oxygens (including phenoxy) is 2. The minimum absolute atomic E-state index is 0.0326. The molecular formula is C24H44N2O13S. The number of hydrogen-bond donors (Lipinski definition) is 5. The number of hydrogen-bond acceptors (Lipinski definition) is 11. The maximum Gasteiger partial charge on any atom is 0.317 e. The molecule has 0 aliphatic carbocycles. The Morgan fingerprint density at radius 1 is 0.875 bits per heavy atom. The highest BCUT2D eigenvalue weighted by Gasteiger charge is 2.30. The van der Waals surface area contributed by atoms with E-state index in [1.54, 1.807) is 0 Å². The number of aliphatic carboxylic acids is 2. The van der Waals surface area contributed by atoms with Gasteiger partial charge in [0.1, 0.15) is 5.78 Å². The van der Waals surface area contributed by atoms with Gasteiger partial charge in [-0.05, 0) is 32.1 Å². The number of rotatable bonds is 25. The molecule has 0 bridgehead atoms. The molecule has 5 N–H and O–H groups in total. The van der Waals surface area contributed by atoms with Gasteiger partial charge < -0.3 is 34.8 Å². The Labute approximate surface area is 234 Å². The number of aliphatic hydroxyl groups excluding tert-OH is 2. The number of nitrogens with zero attached hydrogens (tertiary/aromatic N) is 2. The van der Waals surface area contributed by atoms with Crippen LogP contribution in [0, 0.1) is 0 Å². The third kappa shape index (κ3) is 19.8. The van der Waals surface area contributed by atoms with Crippen molar-refractivity contribution < 1.29 is 62.0 Å². The first kappa shape index (κ1) is 37.8. The first-order chi connectivity index (χ1) is 18.7. The fourth-order valence-electron chi connectivity index (χ4n) is 3.69. The number of ketones is 1. The molecule has 0 saturated heterocycles. The third-order valence-electron chi connectivity index (χ3n) is 5.79. The topological polar surface area (TPSA) is 229 Å². The van der Waals surface area contributed by atoms with Crippen molar-refractivity contribution in [2.24, 2.45) is 0 Å². The van der Waals surface area contributed by atoms with Gasteiger partial charge in [-0.15, -0.1) is 0 Å². The molecule has 1 amide bonds. The summed E-state index contributed by atoms with van der Waals surface area (Å²) >= 11 is 0. The van der Waals surface area contributed by atoms with E-state index in [-0.39, 0.29) is 45.1 Å². The van der Waals surface area contributed by atoms with E-state index in [1.165, 1.54) is 11.8 Å². The second kappa shape index (κ2) is 20.6. The highest BCUT2D eigenvalue weighted by atomic mass is 32.2. The van der Waals surface area contributed by atoms with Gasteiger partial charge in [0.15, 0.2) is 0 Å².